The molecule has 4 heteroatoms. The van der Waals surface area contributed by atoms with E-state index in [4.69, 9.17) is 0 Å². The van der Waals surface area contributed by atoms with Crippen LogP contribution in [0.2, 0.25) is 0 Å². The number of nitrogens with zero attached hydrogens (tertiary/aromatic N) is 1. The molecule has 0 aromatic heterocycles. The molecule has 21 heavy (non-hydrogen) atoms. The molecular weight excluding hydrogens is 328 g/mol. The van der Waals surface area contributed by atoms with Crippen LogP contribution in [0.3, 0.4) is 0 Å². The molecule has 3 rings (SSSR count). The van der Waals surface area contributed by atoms with Crippen molar-refractivity contribution in [3.63, 3.8) is 0 Å². The van der Waals surface area contributed by atoms with Gasteiger partial charge in [-0.05, 0) is 56.8 Å². The number of benzene rings is 1. The average Bonchev–Trinajstić information content (AvgIpc) is 2.96. The van der Waals surface area contributed by atoms with Crippen molar-refractivity contribution in [2.75, 3.05) is 19.6 Å². The highest BCUT2D eigenvalue weighted by molar-refractivity contribution is 9.10. The van der Waals surface area contributed by atoms with Crippen LogP contribution in [0.25, 0.3) is 0 Å². The zero-order valence-electron chi connectivity index (χ0n) is 12.6. The van der Waals surface area contributed by atoms with E-state index in [2.05, 4.69) is 51.3 Å². The fourth-order valence-electron chi connectivity index (χ4n) is 3.66. The first kappa shape index (κ1) is 15.0. The first-order chi connectivity index (χ1) is 10.1. The van der Waals surface area contributed by atoms with Gasteiger partial charge in [0.2, 0.25) is 5.91 Å². The van der Waals surface area contributed by atoms with Gasteiger partial charge in [-0.2, -0.15) is 0 Å². The van der Waals surface area contributed by atoms with Crippen molar-refractivity contribution < 1.29 is 4.79 Å². The van der Waals surface area contributed by atoms with Crippen LogP contribution in [0.15, 0.2) is 28.7 Å². The minimum atomic E-state index is -0.229. The van der Waals surface area contributed by atoms with Gasteiger partial charge in [-0.25, -0.2) is 0 Å². The van der Waals surface area contributed by atoms with Crippen LogP contribution >= 0.6 is 15.9 Å². The summed E-state index contributed by atoms with van der Waals surface area (Å²) in [5.74, 6) is 0.331. The van der Waals surface area contributed by atoms with Gasteiger partial charge in [0.1, 0.15) is 0 Å². The molecule has 3 nitrogen and oxygen atoms in total. The number of hydrogen-bond acceptors (Lipinski definition) is 2. The molecule has 0 bridgehead atoms. The van der Waals surface area contributed by atoms with E-state index in [1.54, 1.807) is 0 Å². The Labute approximate surface area is 135 Å². The van der Waals surface area contributed by atoms with E-state index in [-0.39, 0.29) is 11.5 Å². The Morgan fingerprint density at radius 2 is 2.29 bits per heavy atom. The molecule has 0 saturated carbocycles. The highest BCUT2D eigenvalue weighted by Gasteiger charge is 2.41. The molecule has 1 aromatic carbocycles. The topological polar surface area (TPSA) is 32.3 Å². The number of rotatable bonds is 2. The second-order valence-corrected chi connectivity index (χ2v) is 7.47. The smallest absolute Gasteiger partial charge is 0.230 e. The lowest BCUT2D eigenvalue weighted by Gasteiger charge is -2.38. The lowest BCUT2D eigenvalue weighted by molar-refractivity contribution is -0.143. The Balaban J connectivity index is 1.82. The van der Waals surface area contributed by atoms with Crippen LogP contribution in [0.4, 0.5) is 0 Å². The first-order valence-corrected chi connectivity index (χ1v) is 8.67. The summed E-state index contributed by atoms with van der Waals surface area (Å²) in [7, 11) is 0. The fourth-order valence-corrected chi connectivity index (χ4v) is 4.07. The molecule has 114 valence electrons. The van der Waals surface area contributed by atoms with Crippen LogP contribution < -0.4 is 5.32 Å². The van der Waals surface area contributed by atoms with Gasteiger partial charge in [0.15, 0.2) is 0 Å². The molecular formula is C17H23BrN2O. The van der Waals surface area contributed by atoms with Gasteiger partial charge >= 0.3 is 0 Å². The van der Waals surface area contributed by atoms with Crippen molar-refractivity contribution in [2.24, 2.45) is 5.41 Å². The van der Waals surface area contributed by atoms with Crippen molar-refractivity contribution in [2.45, 2.75) is 38.6 Å². The molecule has 1 N–H and O–H groups in total. The Morgan fingerprint density at radius 3 is 3.00 bits per heavy atom. The second kappa shape index (κ2) is 6.09. The molecule has 1 amide bonds. The maximum Gasteiger partial charge on any atom is 0.230 e. The summed E-state index contributed by atoms with van der Waals surface area (Å²) < 4.78 is 1.09. The molecule has 0 radical (unpaired) electrons. The van der Waals surface area contributed by atoms with Crippen LogP contribution in [-0.2, 0) is 4.79 Å². The molecule has 2 heterocycles. The van der Waals surface area contributed by atoms with E-state index in [1.165, 1.54) is 5.56 Å². The largest absolute Gasteiger partial charge is 0.335 e. The minimum Gasteiger partial charge on any atom is -0.335 e. The van der Waals surface area contributed by atoms with Gasteiger partial charge in [-0.1, -0.05) is 28.1 Å². The van der Waals surface area contributed by atoms with Gasteiger partial charge < -0.3 is 10.2 Å². The van der Waals surface area contributed by atoms with Crippen molar-refractivity contribution >= 4 is 21.8 Å². The lowest BCUT2D eigenvalue weighted by Crippen LogP contribution is -2.50. The van der Waals surface area contributed by atoms with Crippen molar-refractivity contribution in [3.05, 3.63) is 34.3 Å². The van der Waals surface area contributed by atoms with Gasteiger partial charge in [0.05, 0.1) is 11.5 Å². The zero-order chi connectivity index (χ0) is 14.9. The second-order valence-electron chi connectivity index (χ2n) is 6.55. The fraction of sp³-hybridized carbons (Fsp3) is 0.588. The summed E-state index contributed by atoms with van der Waals surface area (Å²) in [6, 6.07) is 8.63. The maximum absolute atomic E-state index is 13.1. The van der Waals surface area contributed by atoms with Crippen molar-refractivity contribution in [1.29, 1.82) is 0 Å². The summed E-state index contributed by atoms with van der Waals surface area (Å²) in [5, 5.41) is 3.39. The first-order valence-electron chi connectivity index (χ1n) is 7.87. The normalized spacial score (nSPS) is 29.6. The van der Waals surface area contributed by atoms with E-state index in [0.29, 0.717) is 5.91 Å². The third-order valence-electron chi connectivity index (χ3n) is 4.86. The summed E-state index contributed by atoms with van der Waals surface area (Å²) in [6.07, 6.45) is 4.27. The van der Waals surface area contributed by atoms with E-state index >= 15 is 0 Å². The molecule has 1 aromatic rings. The van der Waals surface area contributed by atoms with Crippen LogP contribution in [0, 0.1) is 5.41 Å². The number of likely N-dealkylation sites (tertiary alicyclic amines) is 1. The Bertz CT molecular complexity index is 525. The van der Waals surface area contributed by atoms with Crippen LogP contribution in [0.5, 0.6) is 0 Å². The number of carbonyl (C=O) groups is 1. The maximum atomic E-state index is 13.1. The standard InChI is InChI=1S/C17H23BrN2O/c1-17(8-4-9-19-12-17)16(21)20-10-3-7-15(20)13-5-2-6-14(18)11-13/h2,5-6,11,15,19H,3-4,7-10,12H2,1H3. The summed E-state index contributed by atoms with van der Waals surface area (Å²) >= 11 is 3.54. The van der Waals surface area contributed by atoms with Gasteiger partial charge in [0, 0.05) is 17.6 Å². The molecule has 0 aliphatic carbocycles. The summed E-state index contributed by atoms with van der Waals surface area (Å²) in [6.45, 7) is 4.87. The zero-order valence-corrected chi connectivity index (χ0v) is 14.2. The van der Waals surface area contributed by atoms with Crippen molar-refractivity contribution in [1.82, 2.24) is 10.2 Å². The molecule has 2 saturated heterocycles. The number of nitrogens with one attached hydrogen (secondary N) is 1. The van der Waals surface area contributed by atoms with E-state index in [9.17, 15) is 4.79 Å². The minimum absolute atomic E-state index is 0.229. The predicted molar refractivity (Wildman–Crippen MR) is 88.0 cm³/mol. The summed E-state index contributed by atoms with van der Waals surface area (Å²) in [5.41, 5.74) is 1.02. The highest BCUT2D eigenvalue weighted by Crippen LogP contribution is 2.38. The molecule has 0 spiro atoms. The van der Waals surface area contributed by atoms with Crippen molar-refractivity contribution in [3.8, 4) is 0 Å². The lowest BCUT2D eigenvalue weighted by atomic mass is 9.81. The predicted octanol–water partition coefficient (Wildman–Crippen LogP) is 3.50. The Kier molecular flexibility index (Phi) is 4.36. The van der Waals surface area contributed by atoms with E-state index in [1.807, 2.05) is 6.07 Å². The van der Waals surface area contributed by atoms with Crippen LogP contribution in [-0.4, -0.2) is 30.4 Å². The van der Waals surface area contributed by atoms with E-state index < -0.39 is 0 Å². The number of piperidine rings is 1. The quantitative estimate of drug-likeness (QED) is 0.885. The molecule has 2 atom stereocenters. The average molecular weight is 351 g/mol. The third-order valence-corrected chi connectivity index (χ3v) is 5.35. The van der Waals surface area contributed by atoms with Gasteiger partial charge in [0.25, 0.3) is 0 Å². The highest BCUT2D eigenvalue weighted by atomic mass is 79.9. The molecule has 2 aliphatic rings. The molecule has 2 aliphatic heterocycles. The summed E-state index contributed by atoms with van der Waals surface area (Å²) in [4.78, 5) is 15.2. The number of carbonyl (C=O) groups excluding carboxylic acids is 1. The van der Waals surface area contributed by atoms with Gasteiger partial charge in [-0.15, -0.1) is 0 Å². The monoisotopic (exact) mass is 350 g/mol. The SMILES string of the molecule is CC1(C(=O)N2CCCC2c2cccc(Br)c2)CCCNC1. The third kappa shape index (κ3) is 3.02. The molecule has 2 unspecified atom stereocenters. The van der Waals surface area contributed by atoms with Crippen LogP contribution in [0.1, 0.15) is 44.2 Å². The number of amides is 1. The Hall–Kier alpha value is -0.870. The number of halogens is 1. The van der Waals surface area contributed by atoms with E-state index in [0.717, 1.165) is 49.8 Å². The molecule has 2 fully saturated rings. The van der Waals surface area contributed by atoms with Gasteiger partial charge in [-0.3, -0.25) is 4.79 Å². The Morgan fingerprint density at radius 1 is 1.43 bits per heavy atom. The number of hydrogen-bond donors (Lipinski definition) is 1.